The van der Waals surface area contributed by atoms with E-state index in [2.05, 4.69) is 26.1 Å². The second-order valence-corrected chi connectivity index (χ2v) is 7.12. The standard InChI is InChI=1S/C19H33NO3/c1-6-7-13(2)8-10-18-14(3)12-17(16(5)23-18)20-19(22)11-9-15(4)21/h9,11,13-14,16-18H,6-8,10,12H2,1-5H3,(H,20,22)/b11-9-/t13?,14-,16+,17?,18-/m0/s1. The minimum absolute atomic E-state index is 0.00681. The molecule has 132 valence electrons. The number of hydrogen-bond acceptors (Lipinski definition) is 3. The van der Waals surface area contributed by atoms with Crippen molar-refractivity contribution in [3.05, 3.63) is 12.2 Å². The van der Waals surface area contributed by atoms with E-state index in [1.807, 2.05) is 6.92 Å². The van der Waals surface area contributed by atoms with Crippen LogP contribution in [0.5, 0.6) is 0 Å². The lowest BCUT2D eigenvalue weighted by atomic mass is 9.86. The summed E-state index contributed by atoms with van der Waals surface area (Å²) >= 11 is 0. The molecule has 1 heterocycles. The molecular formula is C19H33NO3. The molecule has 5 atom stereocenters. The molecule has 2 unspecified atom stereocenters. The van der Waals surface area contributed by atoms with Crippen LogP contribution in [0.3, 0.4) is 0 Å². The Morgan fingerprint density at radius 1 is 1.26 bits per heavy atom. The van der Waals surface area contributed by atoms with Crippen LogP contribution < -0.4 is 5.32 Å². The van der Waals surface area contributed by atoms with Crippen molar-refractivity contribution in [2.75, 3.05) is 0 Å². The summed E-state index contributed by atoms with van der Waals surface area (Å²) in [5.74, 6) is 0.841. The fourth-order valence-electron chi connectivity index (χ4n) is 3.29. The molecule has 0 aromatic carbocycles. The molecule has 1 fully saturated rings. The zero-order chi connectivity index (χ0) is 17.4. The van der Waals surface area contributed by atoms with Crippen molar-refractivity contribution in [2.45, 2.75) is 85.0 Å². The van der Waals surface area contributed by atoms with Crippen LogP contribution in [0.1, 0.15) is 66.7 Å². The van der Waals surface area contributed by atoms with Gasteiger partial charge in [0.25, 0.3) is 0 Å². The van der Waals surface area contributed by atoms with Gasteiger partial charge in [0.1, 0.15) is 0 Å². The molecule has 0 aliphatic carbocycles. The highest BCUT2D eigenvalue weighted by molar-refractivity contribution is 5.96. The highest BCUT2D eigenvalue weighted by Crippen LogP contribution is 2.29. The van der Waals surface area contributed by atoms with Gasteiger partial charge in [-0.1, -0.05) is 33.6 Å². The van der Waals surface area contributed by atoms with Crippen LogP contribution in [0.15, 0.2) is 12.2 Å². The maximum absolute atomic E-state index is 11.8. The monoisotopic (exact) mass is 323 g/mol. The molecule has 1 aliphatic rings. The molecular weight excluding hydrogens is 290 g/mol. The van der Waals surface area contributed by atoms with Crippen LogP contribution in [0.4, 0.5) is 0 Å². The number of nitrogens with one attached hydrogen (secondary N) is 1. The summed E-state index contributed by atoms with van der Waals surface area (Å²) < 4.78 is 6.16. The number of allylic oxidation sites excluding steroid dienone is 1. The number of amides is 1. The van der Waals surface area contributed by atoms with Gasteiger partial charge in [0, 0.05) is 6.08 Å². The third-order valence-corrected chi connectivity index (χ3v) is 4.74. The zero-order valence-corrected chi connectivity index (χ0v) is 15.3. The van der Waals surface area contributed by atoms with Gasteiger partial charge in [-0.3, -0.25) is 9.59 Å². The molecule has 0 spiro atoms. The number of rotatable bonds is 8. The van der Waals surface area contributed by atoms with E-state index < -0.39 is 0 Å². The fraction of sp³-hybridized carbons (Fsp3) is 0.789. The molecule has 4 heteroatoms. The van der Waals surface area contributed by atoms with Crippen LogP contribution in [-0.4, -0.2) is 29.9 Å². The number of ether oxygens (including phenoxy) is 1. The van der Waals surface area contributed by atoms with Crippen LogP contribution in [-0.2, 0) is 14.3 Å². The first-order chi connectivity index (χ1) is 10.8. The molecule has 23 heavy (non-hydrogen) atoms. The van der Waals surface area contributed by atoms with Crippen LogP contribution in [0.2, 0.25) is 0 Å². The molecule has 1 amide bonds. The van der Waals surface area contributed by atoms with Gasteiger partial charge < -0.3 is 10.1 Å². The van der Waals surface area contributed by atoms with Crippen molar-refractivity contribution in [1.29, 1.82) is 0 Å². The van der Waals surface area contributed by atoms with E-state index in [0.717, 1.165) is 18.8 Å². The Bertz CT molecular complexity index is 419. The number of hydrogen-bond donors (Lipinski definition) is 1. The van der Waals surface area contributed by atoms with E-state index >= 15 is 0 Å². The predicted octanol–water partition coefficient (Wildman–Crippen LogP) is 3.65. The van der Waals surface area contributed by atoms with Crippen LogP contribution in [0.25, 0.3) is 0 Å². The van der Waals surface area contributed by atoms with E-state index in [0.29, 0.717) is 5.92 Å². The van der Waals surface area contributed by atoms with E-state index in [4.69, 9.17) is 4.74 Å². The molecule has 1 N–H and O–H groups in total. The molecule has 0 bridgehead atoms. The lowest BCUT2D eigenvalue weighted by Gasteiger charge is -2.39. The molecule has 1 rings (SSSR count). The number of ketones is 1. The first kappa shape index (κ1) is 19.9. The van der Waals surface area contributed by atoms with E-state index in [-0.39, 0.29) is 29.9 Å². The summed E-state index contributed by atoms with van der Waals surface area (Å²) in [6.45, 7) is 10.2. The number of carbonyl (C=O) groups excluding carboxylic acids is 2. The van der Waals surface area contributed by atoms with Gasteiger partial charge in [-0.25, -0.2) is 0 Å². The Balaban J connectivity index is 2.46. The summed E-state index contributed by atoms with van der Waals surface area (Å²) in [4.78, 5) is 22.7. The van der Waals surface area contributed by atoms with Crippen LogP contribution >= 0.6 is 0 Å². The van der Waals surface area contributed by atoms with Crippen molar-refractivity contribution in [1.82, 2.24) is 5.32 Å². The lowest BCUT2D eigenvalue weighted by molar-refractivity contribution is -0.124. The van der Waals surface area contributed by atoms with Gasteiger partial charge in [-0.05, 0) is 51.0 Å². The molecule has 0 aromatic rings. The summed E-state index contributed by atoms with van der Waals surface area (Å²) in [6.07, 6.45) is 8.62. The Morgan fingerprint density at radius 2 is 1.96 bits per heavy atom. The number of carbonyl (C=O) groups is 2. The summed E-state index contributed by atoms with van der Waals surface area (Å²) in [7, 11) is 0. The molecule has 0 saturated carbocycles. The first-order valence-electron chi connectivity index (χ1n) is 8.98. The SMILES string of the molecule is CCCC(C)CC[C@@H]1O[C@H](C)C(NC(=O)/C=C\C(C)=O)C[C@@H]1C. The van der Waals surface area contributed by atoms with Gasteiger partial charge >= 0.3 is 0 Å². The molecule has 4 nitrogen and oxygen atoms in total. The van der Waals surface area contributed by atoms with Crippen molar-refractivity contribution in [3.8, 4) is 0 Å². The average molecular weight is 323 g/mol. The second kappa shape index (κ2) is 9.86. The third-order valence-electron chi connectivity index (χ3n) is 4.74. The summed E-state index contributed by atoms with van der Waals surface area (Å²) in [6, 6.07) is 0.0124. The Labute approximate surface area is 141 Å². The van der Waals surface area contributed by atoms with Crippen molar-refractivity contribution >= 4 is 11.7 Å². The van der Waals surface area contributed by atoms with Crippen molar-refractivity contribution in [3.63, 3.8) is 0 Å². The minimum atomic E-state index is -0.220. The summed E-state index contributed by atoms with van der Waals surface area (Å²) in [5, 5.41) is 2.96. The van der Waals surface area contributed by atoms with Gasteiger partial charge in [0.2, 0.25) is 5.91 Å². The molecule has 1 saturated heterocycles. The second-order valence-electron chi connectivity index (χ2n) is 7.12. The third kappa shape index (κ3) is 7.30. The Kier molecular flexibility index (Phi) is 8.53. The summed E-state index contributed by atoms with van der Waals surface area (Å²) in [5.41, 5.74) is 0. The van der Waals surface area contributed by atoms with Gasteiger partial charge in [0.05, 0.1) is 18.2 Å². The quantitative estimate of drug-likeness (QED) is 0.694. The van der Waals surface area contributed by atoms with E-state index in [1.165, 1.54) is 38.3 Å². The zero-order valence-electron chi connectivity index (χ0n) is 15.3. The largest absolute Gasteiger partial charge is 0.373 e. The smallest absolute Gasteiger partial charge is 0.244 e. The molecule has 0 aromatic heterocycles. The Morgan fingerprint density at radius 3 is 2.57 bits per heavy atom. The van der Waals surface area contributed by atoms with Crippen LogP contribution in [0, 0.1) is 11.8 Å². The van der Waals surface area contributed by atoms with Crippen molar-refractivity contribution in [2.24, 2.45) is 11.8 Å². The fourth-order valence-corrected chi connectivity index (χ4v) is 3.29. The van der Waals surface area contributed by atoms with Crippen molar-refractivity contribution < 1.29 is 14.3 Å². The van der Waals surface area contributed by atoms with E-state index in [1.54, 1.807) is 0 Å². The topological polar surface area (TPSA) is 55.4 Å². The minimum Gasteiger partial charge on any atom is -0.373 e. The Hall–Kier alpha value is -1.16. The molecule has 1 aliphatic heterocycles. The van der Waals surface area contributed by atoms with Gasteiger partial charge in [0.15, 0.2) is 5.78 Å². The highest BCUT2D eigenvalue weighted by atomic mass is 16.5. The highest BCUT2D eigenvalue weighted by Gasteiger charge is 2.33. The first-order valence-corrected chi connectivity index (χ1v) is 8.98. The average Bonchev–Trinajstić information content (AvgIpc) is 2.47. The maximum Gasteiger partial charge on any atom is 0.244 e. The predicted molar refractivity (Wildman–Crippen MR) is 93.2 cm³/mol. The normalized spacial score (nSPS) is 29.4. The van der Waals surface area contributed by atoms with Gasteiger partial charge in [-0.15, -0.1) is 0 Å². The maximum atomic E-state index is 11.8. The van der Waals surface area contributed by atoms with E-state index in [9.17, 15) is 9.59 Å². The molecule has 0 radical (unpaired) electrons. The lowest BCUT2D eigenvalue weighted by Crippen LogP contribution is -2.50. The van der Waals surface area contributed by atoms with Gasteiger partial charge in [-0.2, -0.15) is 0 Å².